The number of hydrogen-bond acceptors (Lipinski definition) is 5. The van der Waals surface area contributed by atoms with Crippen LogP contribution in [0.1, 0.15) is 27.2 Å². The Labute approximate surface area is 153 Å². The summed E-state index contributed by atoms with van der Waals surface area (Å²) >= 11 is 0. The first-order valence-electron chi connectivity index (χ1n) is 9.16. The number of rotatable bonds is 0. The number of piperazine rings is 1. The predicted molar refractivity (Wildman–Crippen MR) is 92.6 cm³/mol. The molecule has 1 N–H and O–H groups in total. The SMILES string of the molecule is CC(C)(C)OC(=O)N1CCN(C(=O)N2CC[C@@H]3OCC(=O)N[C@@H]3C2)CC1. The summed E-state index contributed by atoms with van der Waals surface area (Å²) in [5, 5.41) is 2.90. The maximum absolute atomic E-state index is 12.8. The fourth-order valence-corrected chi connectivity index (χ4v) is 3.48. The van der Waals surface area contributed by atoms with Gasteiger partial charge in [-0.25, -0.2) is 9.59 Å². The second-order valence-electron chi connectivity index (χ2n) is 8.00. The van der Waals surface area contributed by atoms with Gasteiger partial charge in [0.15, 0.2) is 0 Å². The van der Waals surface area contributed by atoms with Gasteiger partial charge in [-0.05, 0) is 27.2 Å². The molecule has 3 fully saturated rings. The number of amides is 4. The van der Waals surface area contributed by atoms with Crippen molar-refractivity contribution in [1.29, 1.82) is 0 Å². The van der Waals surface area contributed by atoms with Gasteiger partial charge in [-0.15, -0.1) is 0 Å². The first kappa shape index (κ1) is 18.8. The molecule has 3 heterocycles. The van der Waals surface area contributed by atoms with Crippen LogP contribution in [0.25, 0.3) is 0 Å². The van der Waals surface area contributed by atoms with Gasteiger partial charge < -0.3 is 29.5 Å². The van der Waals surface area contributed by atoms with E-state index in [2.05, 4.69) is 5.32 Å². The molecule has 146 valence electrons. The number of nitrogens with one attached hydrogen (secondary N) is 1. The van der Waals surface area contributed by atoms with Crippen molar-refractivity contribution in [3.8, 4) is 0 Å². The topological polar surface area (TPSA) is 91.4 Å². The molecule has 0 radical (unpaired) electrons. The van der Waals surface area contributed by atoms with E-state index in [1.165, 1.54) is 0 Å². The average molecular weight is 368 g/mol. The van der Waals surface area contributed by atoms with Crippen LogP contribution >= 0.6 is 0 Å². The van der Waals surface area contributed by atoms with Crippen LogP contribution < -0.4 is 5.32 Å². The number of likely N-dealkylation sites (tertiary alicyclic amines) is 1. The highest BCUT2D eigenvalue weighted by atomic mass is 16.6. The smallest absolute Gasteiger partial charge is 0.410 e. The molecule has 3 aliphatic rings. The van der Waals surface area contributed by atoms with Crippen molar-refractivity contribution in [2.75, 3.05) is 45.9 Å². The van der Waals surface area contributed by atoms with Crippen LogP contribution in [-0.2, 0) is 14.3 Å². The van der Waals surface area contributed by atoms with Crippen molar-refractivity contribution >= 4 is 18.0 Å². The molecular formula is C17H28N4O5. The number of nitrogens with zero attached hydrogens (tertiary/aromatic N) is 3. The number of carbonyl (C=O) groups excluding carboxylic acids is 3. The third kappa shape index (κ3) is 4.38. The van der Waals surface area contributed by atoms with Crippen molar-refractivity contribution < 1.29 is 23.9 Å². The Morgan fingerprint density at radius 1 is 1.08 bits per heavy atom. The Morgan fingerprint density at radius 3 is 2.38 bits per heavy atom. The number of morpholine rings is 1. The van der Waals surface area contributed by atoms with E-state index in [0.717, 1.165) is 0 Å². The summed E-state index contributed by atoms with van der Waals surface area (Å²) in [6.07, 6.45) is 0.363. The van der Waals surface area contributed by atoms with Gasteiger partial charge in [-0.2, -0.15) is 0 Å². The monoisotopic (exact) mass is 368 g/mol. The van der Waals surface area contributed by atoms with Crippen LogP contribution in [0.15, 0.2) is 0 Å². The van der Waals surface area contributed by atoms with Gasteiger partial charge in [-0.1, -0.05) is 0 Å². The Morgan fingerprint density at radius 2 is 1.73 bits per heavy atom. The van der Waals surface area contributed by atoms with Crippen molar-refractivity contribution in [2.24, 2.45) is 0 Å². The summed E-state index contributed by atoms with van der Waals surface area (Å²) in [5.41, 5.74) is -0.527. The number of carbonyl (C=O) groups is 3. The van der Waals surface area contributed by atoms with Gasteiger partial charge in [-0.3, -0.25) is 4.79 Å². The van der Waals surface area contributed by atoms with Crippen molar-refractivity contribution in [3.63, 3.8) is 0 Å². The Balaban J connectivity index is 1.49. The van der Waals surface area contributed by atoms with Crippen LogP contribution in [0.2, 0.25) is 0 Å². The Kier molecular flexibility index (Phi) is 5.27. The lowest BCUT2D eigenvalue weighted by atomic mass is 10.0. The van der Waals surface area contributed by atoms with E-state index in [-0.39, 0.29) is 36.8 Å². The largest absolute Gasteiger partial charge is 0.444 e. The minimum absolute atomic E-state index is 0.0132. The highest BCUT2D eigenvalue weighted by Gasteiger charge is 2.38. The molecule has 0 bridgehead atoms. The summed E-state index contributed by atoms with van der Waals surface area (Å²) in [6.45, 7) is 8.55. The van der Waals surface area contributed by atoms with E-state index < -0.39 is 5.60 Å². The van der Waals surface area contributed by atoms with Crippen molar-refractivity contribution in [3.05, 3.63) is 0 Å². The van der Waals surface area contributed by atoms with Crippen LogP contribution in [0, 0.1) is 0 Å². The zero-order valence-corrected chi connectivity index (χ0v) is 15.7. The Bertz CT molecular complexity index is 568. The normalized spacial score (nSPS) is 26.9. The molecule has 2 atom stereocenters. The molecule has 0 aliphatic carbocycles. The minimum Gasteiger partial charge on any atom is -0.444 e. The van der Waals surface area contributed by atoms with E-state index in [1.54, 1.807) is 14.7 Å². The second-order valence-corrected chi connectivity index (χ2v) is 8.00. The molecular weight excluding hydrogens is 340 g/mol. The number of urea groups is 1. The molecule has 4 amide bonds. The summed E-state index contributed by atoms with van der Waals surface area (Å²) in [6, 6.07) is -0.191. The van der Waals surface area contributed by atoms with Crippen molar-refractivity contribution in [2.45, 2.75) is 44.9 Å². The molecule has 9 heteroatoms. The molecule has 9 nitrogen and oxygen atoms in total. The lowest BCUT2D eigenvalue weighted by Crippen LogP contribution is -2.63. The third-order valence-electron chi connectivity index (χ3n) is 4.80. The van der Waals surface area contributed by atoms with Gasteiger partial charge in [0.05, 0.1) is 12.1 Å². The molecule has 0 spiro atoms. The van der Waals surface area contributed by atoms with E-state index >= 15 is 0 Å². The van der Waals surface area contributed by atoms with E-state index in [1.807, 2.05) is 20.8 Å². The molecule has 0 saturated carbocycles. The van der Waals surface area contributed by atoms with Gasteiger partial charge >= 0.3 is 12.1 Å². The third-order valence-corrected chi connectivity index (χ3v) is 4.80. The number of piperidine rings is 1. The first-order chi connectivity index (χ1) is 12.2. The number of ether oxygens (including phenoxy) is 2. The molecule has 3 saturated heterocycles. The zero-order valence-electron chi connectivity index (χ0n) is 15.7. The molecule has 3 aliphatic heterocycles. The average Bonchev–Trinajstić information content (AvgIpc) is 2.59. The van der Waals surface area contributed by atoms with E-state index in [0.29, 0.717) is 45.7 Å². The minimum atomic E-state index is -0.527. The van der Waals surface area contributed by atoms with Gasteiger partial charge in [0.25, 0.3) is 0 Å². The maximum Gasteiger partial charge on any atom is 0.410 e. The number of fused-ring (bicyclic) bond motifs is 1. The standard InChI is InChI=1S/C17H28N4O5/c1-17(2,3)26-16(24)20-8-6-19(7-9-20)15(23)21-5-4-13-12(10-21)18-14(22)11-25-13/h12-13H,4-11H2,1-3H3,(H,18,22)/t12-,13+/m1/s1. The molecule has 0 aromatic heterocycles. The lowest BCUT2D eigenvalue weighted by Gasteiger charge is -2.43. The second kappa shape index (κ2) is 7.30. The summed E-state index contributed by atoms with van der Waals surface area (Å²) in [5.74, 6) is -0.133. The summed E-state index contributed by atoms with van der Waals surface area (Å²) in [7, 11) is 0. The molecule has 0 unspecified atom stereocenters. The van der Waals surface area contributed by atoms with Crippen LogP contribution in [-0.4, -0.2) is 96.4 Å². The fraction of sp³-hybridized carbons (Fsp3) is 0.824. The highest BCUT2D eigenvalue weighted by molar-refractivity contribution is 5.79. The molecule has 0 aromatic rings. The van der Waals surface area contributed by atoms with E-state index in [4.69, 9.17) is 9.47 Å². The van der Waals surface area contributed by atoms with Crippen molar-refractivity contribution in [1.82, 2.24) is 20.0 Å². The molecule has 3 rings (SSSR count). The van der Waals surface area contributed by atoms with Crippen LogP contribution in [0.3, 0.4) is 0 Å². The fourth-order valence-electron chi connectivity index (χ4n) is 3.48. The van der Waals surface area contributed by atoms with E-state index in [9.17, 15) is 14.4 Å². The van der Waals surface area contributed by atoms with Gasteiger partial charge in [0.2, 0.25) is 5.91 Å². The first-order valence-corrected chi connectivity index (χ1v) is 9.16. The lowest BCUT2D eigenvalue weighted by molar-refractivity contribution is -0.139. The summed E-state index contributed by atoms with van der Waals surface area (Å²) in [4.78, 5) is 41.5. The maximum atomic E-state index is 12.8. The predicted octanol–water partition coefficient (Wildman–Crippen LogP) is 0.248. The quantitative estimate of drug-likeness (QED) is 0.662. The Hall–Kier alpha value is -2.03. The highest BCUT2D eigenvalue weighted by Crippen LogP contribution is 2.19. The number of hydrogen-bond donors (Lipinski definition) is 1. The molecule has 0 aromatic carbocycles. The summed E-state index contributed by atoms with van der Waals surface area (Å²) < 4.78 is 10.9. The van der Waals surface area contributed by atoms with Gasteiger partial charge in [0.1, 0.15) is 12.2 Å². The molecule has 26 heavy (non-hydrogen) atoms. The zero-order chi connectivity index (χ0) is 18.9. The van der Waals surface area contributed by atoms with Gasteiger partial charge in [0, 0.05) is 39.3 Å². The van der Waals surface area contributed by atoms with Crippen LogP contribution in [0.5, 0.6) is 0 Å². The van der Waals surface area contributed by atoms with Crippen LogP contribution in [0.4, 0.5) is 9.59 Å².